The molecule has 6 heteroatoms. The second-order valence-corrected chi connectivity index (χ2v) is 4.55. The van der Waals surface area contributed by atoms with Crippen molar-refractivity contribution in [3.8, 4) is 0 Å². The molecule has 1 N–H and O–H groups in total. The zero-order valence-corrected chi connectivity index (χ0v) is 10.2. The van der Waals surface area contributed by atoms with Gasteiger partial charge in [0.05, 0.1) is 11.9 Å². The van der Waals surface area contributed by atoms with Gasteiger partial charge < -0.3 is 5.32 Å². The van der Waals surface area contributed by atoms with Crippen LogP contribution in [0.4, 0.5) is 8.78 Å². The summed E-state index contributed by atoms with van der Waals surface area (Å²) in [7, 11) is 0. The molecule has 1 aliphatic rings. The minimum absolute atomic E-state index is 0.0577. The van der Waals surface area contributed by atoms with E-state index in [0.717, 1.165) is 32.1 Å². The molecular weight excluding hydrogens is 252 g/mol. The molecule has 0 saturated heterocycles. The van der Waals surface area contributed by atoms with Gasteiger partial charge >= 0.3 is 6.43 Å². The number of alkyl halides is 3. The lowest BCUT2D eigenvalue weighted by Gasteiger charge is -2.29. The molecule has 0 radical (unpaired) electrons. The molecular formula is C11H16ClF2NO2. The van der Waals surface area contributed by atoms with E-state index < -0.39 is 18.4 Å². The molecule has 1 fully saturated rings. The molecule has 98 valence electrons. The van der Waals surface area contributed by atoms with Gasteiger partial charge in [-0.3, -0.25) is 9.59 Å². The Morgan fingerprint density at radius 1 is 1.24 bits per heavy atom. The van der Waals surface area contributed by atoms with Gasteiger partial charge in [-0.15, -0.1) is 11.6 Å². The number of amides is 1. The SMILES string of the molecule is O=C(NC(C(=O)CCl)C1CCCCC1)C(F)F. The van der Waals surface area contributed by atoms with E-state index in [1.807, 2.05) is 0 Å². The number of rotatable bonds is 5. The first-order chi connectivity index (χ1) is 8.06. The van der Waals surface area contributed by atoms with Gasteiger partial charge in [-0.2, -0.15) is 8.78 Å². The number of nitrogens with one attached hydrogen (secondary N) is 1. The highest BCUT2D eigenvalue weighted by atomic mass is 35.5. The van der Waals surface area contributed by atoms with Crippen molar-refractivity contribution in [2.75, 3.05) is 5.88 Å². The molecule has 0 bridgehead atoms. The van der Waals surface area contributed by atoms with Gasteiger partial charge in [0.15, 0.2) is 5.78 Å². The first kappa shape index (κ1) is 14.4. The van der Waals surface area contributed by atoms with Crippen LogP contribution in [0, 0.1) is 5.92 Å². The average Bonchev–Trinajstić information content (AvgIpc) is 2.35. The topological polar surface area (TPSA) is 46.2 Å². The van der Waals surface area contributed by atoms with Crippen molar-refractivity contribution >= 4 is 23.3 Å². The van der Waals surface area contributed by atoms with Crippen LogP contribution in [0.2, 0.25) is 0 Å². The van der Waals surface area contributed by atoms with Crippen molar-refractivity contribution in [2.45, 2.75) is 44.6 Å². The van der Waals surface area contributed by atoms with E-state index in [1.165, 1.54) is 0 Å². The van der Waals surface area contributed by atoms with Gasteiger partial charge in [0.25, 0.3) is 5.91 Å². The highest BCUT2D eigenvalue weighted by Crippen LogP contribution is 2.27. The summed E-state index contributed by atoms with van der Waals surface area (Å²) >= 11 is 5.44. The van der Waals surface area contributed by atoms with Crippen molar-refractivity contribution in [3.63, 3.8) is 0 Å². The van der Waals surface area contributed by atoms with E-state index in [1.54, 1.807) is 0 Å². The third-order valence-electron chi connectivity index (χ3n) is 3.10. The number of Topliss-reactive ketones (excluding diaryl/α,β-unsaturated/α-hetero) is 1. The molecule has 1 atom stereocenters. The maximum absolute atomic E-state index is 12.2. The normalized spacial score (nSPS) is 19.1. The fourth-order valence-corrected chi connectivity index (χ4v) is 2.39. The van der Waals surface area contributed by atoms with Crippen LogP contribution in [0.1, 0.15) is 32.1 Å². The van der Waals surface area contributed by atoms with Crippen LogP contribution in [0.25, 0.3) is 0 Å². The van der Waals surface area contributed by atoms with Crippen molar-refractivity contribution in [2.24, 2.45) is 5.92 Å². The van der Waals surface area contributed by atoms with E-state index in [9.17, 15) is 18.4 Å². The summed E-state index contributed by atoms with van der Waals surface area (Å²) in [6.45, 7) is 0. The summed E-state index contributed by atoms with van der Waals surface area (Å²) in [6, 6.07) is -0.853. The van der Waals surface area contributed by atoms with Crippen LogP contribution in [-0.2, 0) is 9.59 Å². The van der Waals surface area contributed by atoms with Crippen LogP contribution >= 0.6 is 11.6 Å². The fraction of sp³-hybridized carbons (Fsp3) is 0.818. The number of hydrogen-bond acceptors (Lipinski definition) is 2. The third-order valence-corrected chi connectivity index (χ3v) is 3.36. The molecule has 3 nitrogen and oxygen atoms in total. The quantitative estimate of drug-likeness (QED) is 0.776. The van der Waals surface area contributed by atoms with Crippen LogP contribution in [-0.4, -0.2) is 30.0 Å². The summed E-state index contributed by atoms with van der Waals surface area (Å²) in [5, 5.41) is 2.11. The molecule has 1 saturated carbocycles. The standard InChI is InChI=1S/C11H16ClF2NO2/c12-6-8(16)9(15-11(17)10(13)14)7-4-2-1-3-5-7/h7,9-10H,1-6H2,(H,15,17). The van der Waals surface area contributed by atoms with Crippen molar-refractivity contribution in [1.82, 2.24) is 5.32 Å². The molecule has 0 heterocycles. The lowest BCUT2D eigenvalue weighted by molar-refractivity contribution is -0.135. The molecule has 1 rings (SSSR count). The first-order valence-corrected chi connectivity index (χ1v) is 6.27. The van der Waals surface area contributed by atoms with Gasteiger partial charge in [-0.1, -0.05) is 19.3 Å². The number of halogens is 3. The zero-order valence-electron chi connectivity index (χ0n) is 9.43. The molecule has 0 aliphatic heterocycles. The van der Waals surface area contributed by atoms with Gasteiger partial charge in [0.2, 0.25) is 0 Å². The molecule has 0 aromatic heterocycles. The minimum Gasteiger partial charge on any atom is -0.341 e. The molecule has 0 aromatic carbocycles. The Morgan fingerprint density at radius 2 is 1.82 bits per heavy atom. The largest absolute Gasteiger partial charge is 0.341 e. The van der Waals surface area contributed by atoms with E-state index in [4.69, 9.17) is 11.6 Å². The molecule has 0 aromatic rings. The lowest BCUT2D eigenvalue weighted by atomic mass is 9.82. The molecule has 17 heavy (non-hydrogen) atoms. The molecule has 1 amide bonds. The summed E-state index contributed by atoms with van der Waals surface area (Å²) in [5.74, 6) is -2.09. The monoisotopic (exact) mass is 267 g/mol. The van der Waals surface area contributed by atoms with E-state index in [2.05, 4.69) is 5.32 Å². The van der Waals surface area contributed by atoms with Crippen molar-refractivity contribution < 1.29 is 18.4 Å². The lowest BCUT2D eigenvalue weighted by Crippen LogP contribution is -2.49. The Hall–Kier alpha value is -0.710. The maximum Gasteiger partial charge on any atom is 0.315 e. The fourth-order valence-electron chi connectivity index (χ4n) is 2.23. The van der Waals surface area contributed by atoms with Gasteiger partial charge in [0.1, 0.15) is 0 Å². The minimum atomic E-state index is -3.09. The first-order valence-electron chi connectivity index (χ1n) is 5.73. The van der Waals surface area contributed by atoms with E-state index in [0.29, 0.717) is 0 Å². The van der Waals surface area contributed by atoms with Gasteiger partial charge in [-0.05, 0) is 18.8 Å². The zero-order chi connectivity index (χ0) is 12.8. The Balaban J connectivity index is 2.65. The third kappa shape index (κ3) is 4.22. The molecule has 1 aliphatic carbocycles. The molecule has 0 spiro atoms. The molecule has 1 unspecified atom stereocenters. The Kier molecular flexibility index (Phi) is 5.82. The van der Waals surface area contributed by atoms with Gasteiger partial charge in [-0.25, -0.2) is 0 Å². The maximum atomic E-state index is 12.2. The summed E-state index contributed by atoms with van der Waals surface area (Å²) < 4.78 is 24.3. The summed E-state index contributed by atoms with van der Waals surface area (Å²) in [5.41, 5.74) is 0. The number of ketones is 1. The average molecular weight is 268 g/mol. The Morgan fingerprint density at radius 3 is 2.29 bits per heavy atom. The van der Waals surface area contributed by atoms with Gasteiger partial charge in [0, 0.05) is 0 Å². The van der Waals surface area contributed by atoms with Crippen molar-refractivity contribution in [1.29, 1.82) is 0 Å². The Labute approximate surface area is 104 Å². The summed E-state index contributed by atoms with van der Waals surface area (Å²) in [6.07, 6.45) is 1.46. The number of carbonyl (C=O) groups excluding carboxylic acids is 2. The number of hydrogen-bond donors (Lipinski definition) is 1. The van der Waals surface area contributed by atoms with E-state index in [-0.39, 0.29) is 17.6 Å². The Bertz CT molecular complexity index is 281. The number of carbonyl (C=O) groups is 2. The highest BCUT2D eigenvalue weighted by molar-refractivity contribution is 6.28. The van der Waals surface area contributed by atoms with E-state index >= 15 is 0 Å². The van der Waals surface area contributed by atoms with Crippen LogP contribution < -0.4 is 5.32 Å². The van der Waals surface area contributed by atoms with Crippen molar-refractivity contribution in [3.05, 3.63) is 0 Å². The smallest absolute Gasteiger partial charge is 0.315 e. The second kappa shape index (κ2) is 6.89. The van der Waals surface area contributed by atoms with Crippen LogP contribution in [0.5, 0.6) is 0 Å². The van der Waals surface area contributed by atoms with Crippen LogP contribution in [0.3, 0.4) is 0 Å². The predicted molar refractivity (Wildman–Crippen MR) is 60.2 cm³/mol. The second-order valence-electron chi connectivity index (χ2n) is 4.28. The van der Waals surface area contributed by atoms with Crippen LogP contribution in [0.15, 0.2) is 0 Å². The highest BCUT2D eigenvalue weighted by Gasteiger charge is 2.31. The predicted octanol–water partition coefficient (Wildman–Crippen LogP) is 2.12. The summed E-state index contributed by atoms with van der Waals surface area (Å²) in [4.78, 5) is 22.5.